The molecule has 0 spiro atoms. The summed E-state index contributed by atoms with van der Waals surface area (Å²) in [4.78, 5) is 23.5. The maximum absolute atomic E-state index is 12.0. The van der Waals surface area contributed by atoms with Gasteiger partial charge in [0.2, 0.25) is 0 Å². The number of amides is 1. The summed E-state index contributed by atoms with van der Waals surface area (Å²) < 4.78 is 5.22. The molecule has 2 unspecified atom stereocenters. The van der Waals surface area contributed by atoms with Gasteiger partial charge in [0, 0.05) is 5.69 Å². The smallest absolute Gasteiger partial charge is 0.408 e. The van der Waals surface area contributed by atoms with Gasteiger partial charge in [0.1, 0.15) is 5.60 Å². The van der Waals surface area contributed by atoms with Crippen LogP contribution in [0.3, 0.4) is 0 Å². The van der Waals surface area contributed by atoms with Crippen LogP contribution < -0.4 is 11.1 Å². The third-order valence-corrected chi connectivity index (χ3v) is 3.13. The van der Waals surface area contributed by atoms with E-state index in [2.05, 4.69) is 5.32 Å². The van der Waals surface area contributed by atoms with Crippen LogP contribution in [0, 0.1) is 5.92 Å². The van der Waals surface area contributed by atoms with Gasteiger partial charge in [0.15, 0.2) is 0 Å². The number of benzene rings is 1. The molecule has 6 nitrogen and oxygen atoms in total. The summed E-state index contributed by atoms with van der Waals surface area (Å²) in [6.07, 6.45) is -0.269. The molecule has 2 atom stereocenters. The molecular weight excluding hydrogens is 284 g/mol. The van der Waals surface area contributed by atoms with Crippen LogP contribution in [0.1, 0.15) is 45.7 Å². The number of carbonyl (C=O) groups is 2. The Hall–Kier alpha value is -2.24. The van der Waals surface area contributed by atoms with Crippen molar-refractivity contribution < 1.29 is 19.4 Å². The van der Waals surface area contributed by atoms with E-state index in [0.717, 1.165) is 0 Å². The predicted octanol–water partition coefficient (Wildman–Crippen LogP) is 2.95. The van der Waals surface area contributed by atoms with E-state index in [1.807, 2.05) is 0 Å². The minimum atomic E-state index is -0.972. The Labute approximate surface area is 130 Å². The highest BCUT2D eigenvalue weighted by molar-refractivity contribution is 5.74. The molecule has 0 aromatic heterocycles. The largest absolute Gasteiger partial charge is 0.481 e. The minimum absolute atomic E-state index is 0.375. The number of ether oxygens (including phenoxy) is 1. The van der Waals surface area contributed by atoms with Gasteiger partial charge < -0.3 is 20.9 Å². The predicted molar refractivity (Wildman–Crippen MR) is 84.4 cm³/mol. The first kappa shape index (κ1) is 17.8. The van der Waals surface area contributed by atoms with E-state index in [0.29, 0.717) is 17.7 Å². The summed E-state index contributed by atoms with van der Waals surface area (Å²) in [6.45, 7) is 7.01. The van der Waals surface area contributed by atoms with Crippen molar-refractivity contribution in [2.45, 2.75) is 45.8 Å². The number of nitrogens with two attached hydrogens (primary N) is 1. The summed E-state index contributed by atoms with van der Waals surface area (Å²) in [5.41, 5.74) is 6.25. The van der Waals surface area contributed by atoms with Gasteiger partial charge in [-0.3, -0.25) is 4.79 Å². The highest BCUT2D eigenvalue weighted by Gasteiger charge is 2.30. The number of aliphatic carboxylic acids is 1. The van der Waals surface area contributed by atoms with Crippen LogP contribution in [0.2, 0.25) is 0 Å². The quantitative estimate of drug-likeness (QED) is 0.726. The number of alkyl carbamates (subject to hydrolysis) is 1. The summed E-state index contributed by atoms with van der Waals surface area (Å²) >= 11 is 0. The molecule has 0 aliphatic carbocycles. The fourth-order valence-electron chi connectivity index (χ4n) is 2.11. The zero-order valence-electron chi connectivity index (χ0n) is 13.4. The van der Waals surface area contributed by atoms with Crippen molar-refractivity contribution in [1.82, 2.24) is 5.32 Å². The van der Waals surface area contributed by atoms with Crippen LogP contribution in [0.25, 0.3) is 0 Å². The number of carboxylic acids is 1. The Morgan fingerprint density at radius 3 is 2.23 bits per heavy atom. The number of nitrogen functional groups attached to an aromatic ring is 1. The van der Waals surface area contributed by atoms with Gasteiger partial charge in [0.05, 0.1) is 12.0 Å². The van der Waals surface area contributed by atoms with E-state index in [4.69, 9.17) is 10.5 Å². The summed E-state index contributed by atoms with van der Waals surface area (Å²) in [7, 11) is 0. The Balaban J connectivity index is 3.03. The Morgan fingerprint density at radius 2 is 1.82 bits per heavy atom. The first-order chi connectivity index (χ1) is 10.1. The normalized spacial score (nSPS) is 14.0. The van der Waals surface area contributed by atoms with Gasteiger partial charge in [-0.2, -0.15) is 0 Å². The number of nitrogens with one attached hydrogen (secondary N) is 1. The van der Waals surface area contributed by atoms with Crippen molar-refractivity contribution in [3.8, 4) is 0 Å². The molecule has 1 rings (SSSR count). The first-order valence-corrected chi connectivity index (χ1v) is 7.21. The lowest BCUT2D eigenvalue weighted by atomic mass is 9.91. The third kappa shape index (κ3) is 5.27. The first-order valence-electron chi connectivity index (χ1n) is 7.21. The lowest BCUT2D eigenvalue weighted by Crippen LogP contribution is -2.39. The van der Waals surface area contributed by atoms with E-state index in [9.17, 15) is 14.7 Å². The number of anilines is 1. The van der Waals surface area contributed by atoms with Gasteiger partial charge in [-0.15, -0.1) is 0 Å². The van der Waals surface area contributed by atoms with Crippen LogP contribution in [0.15, 0.2) is 24.3 Å². The lowest BCUT2D eigenvalue weighted by molar-refractivity contribution is -0.142. The zero-order chi connectivity index (χ0) is 16.9. The number of hydrogen-bond acceptors (Lipinski definition) is 4. The van der Waals surface area contributed by atoms with Crippen molar-refractivity contribution in [3.63, 3.8) is 0 Å². The molecule has 122 valence electrons. The molecule has 1 amide bonds. The van der Waals surface area contributed by atoms with Crippen LogP contribution in [0.4, 0.5) is 10.5 Å². The van der Waals surface area contributed by atoms with Gasteiger partial charge in [-0.25, -0.2) is 4.79 Å². The number of carbonyl (C=O) groups excluding carboxylic acids is 1. The fourth-order valence-corrected chi connectivity index (χ4v) is 2.11. The van der Waals surface area contributed by atoms with Gasteiger partial charge in [-0.1, -0.05) is 19.1 Å². The molecule has 0 aliphatic rings. The van der Waals surface area contributed by atoms with Crippen molar-refractivity contribution in [1.29, 1.82) is 0 Å². The zero-order valence-corrected chi connectivity index (χ0v) is 13.4. The van der Waals surface area contributed by atoms with Crippen molar-refractivity contribution in [2.24, 2.45) is 5.92 Å². The van der Waals surface area contributed by atoms with Gasteiger partial charge in [-0.05, 0) is 44.9 Å². The molecule has 4 N–H and O–H groups in total. The Bertz CT molecular complexity index is 520. The van der Waals surface area contributed by atoms with Crippen LogP contribution in [-0.2, 0) is 9.53 Å². The topological polar surface area (TPSA) is 102 Å². The summed E-state index contributed by atoms with van der Waals surface area (Å²) in [5, 5.41) is 12.0. The second-order valence-electron chi connectivity index (χ2n) is 6.14. The van der Waals surface area contributed by atoms with Crippen LogP contribution in [0.5, 0.6) is 0 Å². The molecular formula is C16H24N2O4. The fraction of sp³-hybridized carbons (Fsp3) is 0.500. The Kier molecular flexibility index (Phi) is 5.79. The van der Waals surface area contributed by atoms with Crippen molar-refractivity contribution in [3.05, 3.63) is 29.8 Å². The molecule has 0 bridgehead atoms. The molecule has 0 heterocycles. The molecule has 0 aliphatic heterocycles. The minimum Gasteiger partial charge on any atom is -0.481 e. The maximum Gasteiger partial charge on any atom is 0.408 e. The number of hydrogen-bond donors (Lipinski definition) is 3. The maximum atomic E-state index is 12.0. The molecule has 1 aromatic rings. The summed E-state index contributed by atoms with van der Waals surface area (Å²) in [5.74, 6) is -1.73. The van der Waals surface area contributed by atoms with Crippen molar-refractivity contribution >= 4 is 17.7 Å². The average Bonchev–Trinajstić information content (AvgIpc) is 2.36. The van der Waals surface area contributed by atoms with E-state index in [-0.39, 0.29) is 0 Å². The van der Waals surface area contributed by atoms with Gasteiger partial charge >= 0.3 is 12.1 Å². The molecule has 0 saturated carbocycles. The van der Waals surface area contributed by atoms with Crippen LogP contribution >= 0.6 is 0 Å². The molecule has 1 aromatic carbocycles. The van der Waals surface area contributed by atoms with Crippen molar-refractivity contribution in [2.75, 3.05) is 5.73 Å². The molecule has 22 heavy (non-hydrogen) atoms. The lowest BCUT2D eigenvalue weighted by Gasteiger charge is -2.27. The van der Waals surface area contributed by atoms with Crippen LogP contribution in [-0.4, -0.2) is 22.8 Å². The van der Waals surface area contributed by atoms with E-state index < -0.39 is 29.6 Å². The second-order valence-corrected chi connectivity index (χ2v) is 6.14. The van der Waals surface area contributed by atoms with Gasteiger partial charge in [0.25, 0.3) is 0 Å². The average molecular weight is 308 g/mol. The standard InChI is InChI=1S/C16H24N2O4/c1-5-12(14(19)20)13(10-6-8-11(17)9-7-10)18-15(21)22-16(2,3)4/h6-9,12-13H,5,17H2,1-4H3,(H,18,21)(H,19,20). The van der Waals surface area contributed by atoms with E-state index >= 15 is 0 Å². The number of rotatable bonds is 5. The highest BCUT2D eigenvalue weighted by Crippen LogP contribution is 2.26. The number of carboxylic acid groups (broad SMARTS) is 1. The monoisotopic (exact) mass is 308 g/mol. The molecule has 6 heteroatoms. The third-order valence-electron chi connectivity index (χ3n) is 3.13. The summed E-state index contributed by atoms with van der Waals surface area (Å²) in [6, 6.07) is 6.09. The van der Waals surface area contributed by atoms with E-state index in [1.54, 1.807) is 52.0 Å². The molecule has 0 radical (unpaired) electrons. The Morgan fingerprint density at radius 1 is 1.27 bits per heavy atom. The highest BCUT2D eigenvalue weighted by atomic mass is 16.6. The van der Waals surface area contributed by atoms with E-state index in [1.165, 1.54) is 0 Å². The SMILES string of the molecule is CCC(C(=O)O)C(NC(=O)OC(C)(C)C)c1ccc(N)cc1. The molecule has 0 saturated heterocycles. The molecule has 0 fully saturated rings. The second kappa shape index (κ2) is 7.15.